The van der Waals surface area contributed by atoms with Crippen LogP contribution in [-0.4, -0.2) is 52.4 Å². The molecule has 0 unspecified atom stereocenters. The van der Waals surface area contributed by atoms with Gasteiger partial charge in [0.15, 0.2) is 0 Å². The molecule has 2 aromatic rings. The number of aryl methyl sites for hydroxylation is 1. The zero-order valence-corrected chi connectivity index (χ0v) is 14.4. The summed E-state index contributed by atoms with van der Waals surface area (Å²) in [6, 6.07) is 6.88. The molecule has 0 aliphatic carbocycles. The van der Waals surface area contributed by atoms with Crippen LogP contribution in [0.5, 0.6) is 5.75 Å². The number of carbonyl (C=O) groups excluding carboxylic acids is 1. The number of hydrogen-bond donors (Lipinski definition) is 2. The summed E-state index contributed by atoms with van der Waals surface area (Å²) in [7, 11) is 1.53. The van der Waals surface area contributed by atoms with Gasteiger partial charge in [0, 0.05) is 35.3 Å². The van der Waals surface area contributed by atoms with Crippen molar-refractivity contribution in [1.29, 1.82) is 0 Å². The monoisotopic (exact) mass is 349 g/mol. The summed E-state index contributed by atoms with van der Waals surface area (Å²) in [6.07, 6.45) is 0.0702. The molecule has 128 valence electrons. The summed E-state index contributed by atoms with van der Waals surface area (Å²) < 4.78 is 5.16. The second-order valence-electron chi connectivity index (χ2n) is 6.16. The molecule has 2 N–H and O–H groups in total. The first kappa shape index (κ1) is 16.8. The molecular weight excluding hydrogens is 330 g/mol. The Morgan fingerprint density at radius 2 is 2.21 bits per heavy atom. The SMILES string of the molecule is COc1cc(Cl)cc(C(=O)N2C[C@@H](Cc3cc(C)[nH]n3)[C@H](O)C2)c1. The van der Waals surface area contributed by atoms with Gasteiger partial charge in [-0.15, -0.1) is 0 Å². The Labute approximate surface area is 145 Å². The summed E-state index contributed by atoms with van der Waals surface area (Å²) in [5.74, 6) is 0.349. The van der Waals surface area contributed by atoms with Crippen LogP contribution in [0.1, 0.15) is 21.7 Å². The van der Waals surface area contributed by atoms with Gasteiger partial charge >= 0.3 is 0 Å². The number of aliphatic hydroxyl groups excluding tert-OH is 1. The van der Waals surface area contributed by atoms with E-state index in [1.807, 2.05) is 13.0 Å². The highest BCUT2D eigenvalue weighted by molar-refractivity contribution is 6.31. The minimum atomic E-state index is -0.563. The number of ether oxygens (including phenoxy) is 1. The lowest BCUT2D eigenvalue weighted by atomic mass is 10.0. The maximum atomic E-state index is 12.7. The van der Waals surface area contributed by atoms with E-state index in [1.165, 1.54) is 7.11 Å². The molecule has 6 nitrogen and oxygen atoms in total. The summed E-state index contributed by atoms with van der Waals surface area (Å²) in [5.41, 5.74) is 2.34. The number of benzene rings is 1. The number of H-pyrrole nitrogens is 1. The first-order chi connectivity index (χ1) is 11.5. The molecule has 1 aromatic heterocycles. The van der Waals surface area contributed by atoms with Gasteiger partial charge in [-0.25, -0.2) is 0 Å². The van der Waals surface area contributed by atoms with Gasteiger partial charge in [0.25, 0.3) is 5.91 Å². The number of likely N-dealkylation sites (tertiary alicyclic amines) is 1. The van der Waals surface area contributed by atoms with Gasteiger partial charge in [0.2, 0.25) is 0 Å². The quantitative estimate of drug-likeness (QED) is 0.885. The number of aromatic nitrogens is 2. The first-order valence-corrected chi connectivity index (χ1v) is 8.17. The topological polar surface area (TPSA) is 78.5 Å². The van der Waals surface area contributed by atoms with Crippen LogP contribution in [0.3, 0.4) is 0 Å². The smallest absolute Gasteiger partial charge is 0.254 e. The van der Waals surface area contributed by atoms with Gasteiger partial charge in [0.05, 0.1) is 18.9 Å². The number of aromatic amines is 1. The molecule has 2 heterocycles. The van der Waals surface area contributed by atoms with E-state index in [0.29, 0.717) is 35.8 Å². The van der Waals surface area contributed by atoms with E-state index in [4.69, 9.17) is 16.3 Å². The molecule has 0 saturated carbocycles. The standard InChI is InChI=1S/C17H20ClN3O3/c1-10-3-14(20-19-10)5-12-8-21(9-16(12)22)17(23)11-4-13(18)7-15(6-11)24-2/h3-4,6-7,12,16,22H,5,8-9H2,1-2H3,(H,19,20)/t12-,16-/m1/s1. The number of nitrogens with zero attached hydrogens (tertiary/aromatic N) is 2. The summed E-state index contributed by atoms with van der Waals surface area (Å²) in [6.45, 7) is 2.73. The zero-order chi connectivity index (χ0) is 17.3. The van der Waals surface area contributed by atoms with Crippen LogP contribution in [0, 0.1) is 12.8 Å². The van der Waals surface area contributed by atoms with Crippen molar-refractivity contribution >= 4 is 17.5 Å². The molecule has 0 radical (unpaired) electrons. The van der Waals surface area contributed by atoms with Crippen LogP contribution in [0.4, 0.5) is 0 Å². The molecule has 24 heavy (non-hydrogen) atoms. The second-order valence-corrected chi connectivity index (χ2v) is 6.60. The average Bonchev–Trinajstić information content (AvgIpc) is 3.12. The molecule has 0 spiro atoms. The number of halogens is 1. The third kappa shape index (κ3) is 3.55. The van der Waals surface area contributed by atoms with Gasteiger partial charge in [-0.3, -0.25) is 9.89 Å². The summed E-state index contributed by atoms with van der Waals surface area (Å²) >= 11 is 6.03. The van der Waals surface area contributed by atoms with E-state index >= 15 is 0 Å². The van der Waals surface area contributed by atoms with Crippen molar-refractivity contribution in [3.63, 3.8) is 0 Å². The maximum Gasteiger partial charge on any atom is 0.254 e. The van der Waals surface area contributed by atoms with Crippen LogP contribution in [0.2, 0.25) is 5.02 Å². The number of carbonyl (C=O) groups is 1. The Kier molecular flexibility index (Phi) is 4.78. The van der Waals surface area contributed by atoms with Crippen LogP contribution >= 0.6 is 11.6 Å². The molecule has 1 fully saturated rings. The summed E-state index contributed by atoms with van der Waals surface area (Å²) in [5, 5.41) is 17.8. The molecule has 1 aliphatic heterocycles. The third-order valence-corrected chi connectivity index (χ3v) is 4.50. The molecule has 2 atom stereocenters. The largest absolute Gasteiger partial charge is 0.497 e. The number of amides is 1. The molecular formula is C17H20ClN3O3. The van der Waals surface area contributed by atoms with Crippen molar-refractivity contribution < 1.29 is 14.6 Å². The molecule has 1 amide bonds. The molecule has 1 aliphatic rings. The van der Waals surface area contributed by atoms with E-state index in [0.717, 1.165) is 11.4 Å². The van der Waals surface area contributed by atoms with Crippen molar-refractivity contribution in [3.05, 3.63) is 46.2 Å². The zero-order valence-electron chi connectivity index (χ0n) is 13.6. The predicted octanol–water partition coefficient (Wildman–Crippen LogP) is 2.06. The minimum Gasteiger partial charge on any atom is -0.497 e. The highest BCUT2D eigenvalue weighted by Crippen LogP contribution is 2.26. The van der Waals surface area contributed by atoms with Crippen molar-refractivity contribution in [2.75, 3.05) is 20.2 Å². The summed E-state index contributed by atoms with van der Waals surface area (Å²) in [4.78, 5) is 14.3. The average molecular weight is 350 g/mol. The molecule has 0 bridgehead atoms. The van der Waals surface area contributed by atoms with Crippen LogP contribution in [0.25, 0.3) is 0 Å². The third-order valence-electron chi connectivity index (χ3n) is 4.28. The molecule has 7 heteroatoms. The number of nitrogens with one attached hydrogen (secondary N) is 1. The molecule has 1 saturated heterocycles. The van der Waals surface area contributed by atoms with E-state index in [2.05, 4.69) is 10.2 Å². The van der Waals surface area contributed by atoms with Gasteiger partial charge in [-0.1, -0.05) is 11.6 Å². The number of hydrogen-bond acceptors (Lipinski definition) is 4. The van der Waals surface area contributed by atoms with Crippen molar-refractivity contribution in [2.24, 2.45) is 5.92 Å². The van der Waals surface area contributed by atoms with Crippen molar-refractivity contribution in [3.8, 4) is 5.75 Å². The van der Waals surface area contributed by atoms with E-state index in [1.54, 1.807) is 23.1 Å². The molecule has 1 aromatic carbocycles. The fourth-order valence-electron chi connectivity index (χ4n) is 3.05. The van der Waals surface area contributed by atoms with E-state index < -0.39 is 6.10 Å². The number of β-amino-alcohol motifs (C(OH)–C–C–N with tert-alkyl or cyclic N) is 1. The van der Waals surface area contributed by atoms with Gasteiger partial charge in [0.1, 0.15) is 5.75 Å². The van der Waals surface area contributed by atoms with Crippen LogP contribution < -0.4 is 4.74 Å². The minimum absolute atomic E-state index is 0.0299. The number of aliphatic hydroxyl groups is 1. The van der Waals surface area contributed by atoms with Gasteiger partial charge in [-0.05, 0) is 37.6 Å². The number of rotatable bonds is 4. The first-order valence-electron chi connectivity index (χ1n) is 7.79. The highest BCUT2D eigenvalue weighted by Gasteiger charge is 2.35. The van der Waals surface area contributed by atoms with Crippen molar-refractivity contribution in [1.82, 2.24) is 15.1 Å². The lowest BCUT2D eigenvalue weighted by Crippen LogP contribution is -2.29. The Morgan fingerprint density at radius 1 is 1.42 bits per heavy atom. The van der Waals surface area contributed by atoms with Gasteiger partial charge < -0.3 is 14.7 Å². The Balaban J connectivity index is 1.71. The van der Waals surface area contributed by atoms with Crippen molar-refractivity contribution in [2.45, 2.75) is 19.4 Å². The highest BCUT2D eigenvalue weighted by atomic mass is 35.5. The predicted molar refractivity (Wildman–Crippen MR) is 90.4 cm³/mol. The molecule has 3 rings (SSSR count). The normalized spacial score (nSPS) is 20.4. The lowest BCUT2D eigenvalue weighted by molar-refractivity contribution is 0.0764. The van der Waals surface area contributed by atoms with Crippen LogP contribution in [0.15, 0.2) is 24.3 Å². The second kappa shape index (κ2) is 6.83. The van der Waals surface area contributed by atoms with E-state index in [9.17, 15) is 9.90 Å². The fourth-order valence-corrected chi connectivity index (χ4v) is 3.28. The fraction of sp³-hybridized carbons (Fsp3) is 0.412. The lowest BCUT2D eigenvalue weighted by Gasteiger charge is -2.16. The van der Waals surface area contributed by atoms with Gasteiger partial charge in [-0.2, -0.15) is 5.10 Å². The van der Waals surface area contributed by atoms with Crippen LogP contribution in [-0.2, 0) is 6.42 Å². The Bertz CT molecular complexity index is 746. The maximum absolute atomic E-state index is 12.7. The Hall–Kier alpha value is -2.05. The number of methoxy groups -OCH3 is 1. The Morgan fingerprint density at radius 3 is 2.88 bits per heavy atom. The van der Waals surface area contributed by atoms with E-state index in [-0.39, 0.29) is 11.8 Å².